The third-order valence-electron chi connectivity index (χ3n) is 2.88. The van der Waals surface area contributed by atoms with Crippen LogP contribution >= 0.6 is 0 Å². The van der Waals surface area contributed by atoms with Gasteiger partial charge in [0.05, 0.1) is 18.3 Å². The molecular formula is C15H16FNO3S. The Labute approximate surface area is 123 Å². The minimum Gasteiger partial charge on any atom is -0.392 e. The van der Waals surface area contributed by atoms with Crippen molar-refractivity contribution in [3.05, 3.63) is 60.4 Å². The SMILES string of the molecule is C[C@H](O)CN(c1ccccc1)S(=O)(=O)c1ccccc1F. The second kappa shape index (κ2) is 6.24. The molecule has 2 aromatic rings. The Morgan fingerprint density at radius 1 is 1.10 bits per heavy atom. The van der Waals surface area contributed by atoms with E-state index in [1.54, 1.807) is 30.3 Å². The van der Waals surface area contributed by atoms with E-state index >= 15 is 0 Å². The minimum atomic E-state index is -4.08. The number of aliphatic hydroxyl groups is 1. The molecule has 0 aliphatic rings. The van der Waals surface area contributed by atoms with Crippen LogP contribution in [-0.2, 0) is 10.0 Å². The zero-order chi connectivity index (χ0) is 15.5. The summed E-state index contributed by atoms with van der Waals surface area (Å²) < 4.78 is 40.2. The summed E-state index contributed by atoms with van der Waals surface area (Å²) in [5.41, 5.74) is 0.377. The Bertz CT molecular complexity index is 702. The lowest BCUT2D eigenvalue weighted by atomic mass is 10.3. The number of para-hydroxylation sites is 1. The fourth-order valence-electron chi connectivity index (χ4n) is 1.95. The van der Waals surface area contributed by atoms with Gasteiger partial charge in [0.25, 0.3) is 10.0 Å². The smallest absolute Gasteiger partial charge is 0.267 e. The van der Waals surface area contributed by atoms with Crippen molar-refractivity contribution in [2.24, 2.45) is 0 Å². The van der Waals surface area contributed by atoms with Crippen LogP contribution in [0.5, 0.6) is 0 Å². The van der Waals surface area contributed by atoms with E-state index < -0.39 is 26.8 Å². The quantitative estimate of drug-likeness (QED) is 0.922. The Hall–Kier alpha value is -1.92. The van der Waals surface area contributed by atoms with Crippen molar-refractivity contribution in [3.63, 3.8) is 0 Å². The van der Waals surface area contributed by atoms with Crippen molar-refractivity contribution >= 4 is 15.7 Å². The molecule has 4 nitrogen and oxygen atoms in total. The summed E-state index contributed by atoms with van der Waals surface area (Å²) in [6.07, 6.45) is -0.883. The number of halogens is 1. The number of nitrogens with zero attached hydrogens (tertiary/aromatic N) is 1. The first-order valence-electron chi connectivity index (χ1n) is 6.43. The summed E-state index contributed by atoms with van der Waals surface area (Å²) in [5, 5.41) is 9.56. The van der Waals surface area contributed by atoms with Gasteiger partial charge in [-0.15, -0.1) is 0 Å². The maximum absolute atomic E-state index is 13.8. The van der Waals surface area contributed by atoms with Crippen LogP contribution in [0.1, 0.15) is 6.92 Å². The van der Waals surface area contributed by atoms with Gasteiger partial charge in [0.1, 0.15) is 10.7 Å². The number of rotatable bonds is 5. The predicted octanol–water partition coefficient (Wildman–Crippen LogP) is 2.40. The van der Waals surface area contributed by atoms with Crippen LogP contribution < -0.4 is 4.31 Å². The van der Waals surface area contributed by atoms with Crippen LogP contribution in [0.15, 0.2) is 59.5 Å². The maximum Gasteiger partial charge on any atom is 0.267 e. The van der Waals surface area contributed by atoms with Crippen molar-refractivity contribution in [2.75, 3.05) is 10.8 Å². The number of benzene rings is 2. The molecule has 0 aliphatic carbocycles. The summed E-state index contributed by atoms with van der Waals surface area (Å²) in [7, 11) is -4.08. The molecule has 6 heteroatoms. The summed E-state index contributed by atoms with van der Waals surface area (Å²) in [6.45, 7) is 1.33. The Balaban J connectivity index is 2.53. The molecule has 0 aromatic heterocycles. The standard InChI is InChI=1S/C15H16FNO3S/c1-12(18)11-17(13-7-3-2-4-8-13)21(19,20)15-10-6-5-9-14(15)16/h2-10,12,18H,11H2,1H3/t12-/m0/s1. The van der Waals surface area contributed by atoms with E-state index in [0.717, 1.165) is 10.4 Å². The third kappa shape index (κ3) is 3.40. The first-order valence-corrected chi connectivity index (χ1v) is 7.87. The molecule has 0 unspecified atom stereocenters. The molecule has 1 N–H and O–H groups in total. The summed E-state index contributed by atoms with van der Waals surface area (Å²) >= 11 is 0. The topological polar surface area (TPSA) is 57.6 Å². The van der Waals surface area contributed by atoms with E-state index in [9.17, 15) is 17.9 Å². The van der Waals surface area contributed by atoms with Crippen molar-refractivity contribution < 1.29 is 17.9 Å². The van der Waals surface area contributed by atoms with Crippen molar-refractivity contribution in [1.29, 1.82) is 0 Å². The molecule has 0 spiro atoms. The normalized spacial score (nSPS) is 12.9. The molecule has 0 radical (unpaired) electrons. The Morgan fingerprint density at radius 3 is 2.24 bits per heavy atom. The van der Waals surface area contributed by atoms with Gasteiger partial charge in [-0.05, 0) is 31.2 Å². The molecule has 0 fully saturated rings. The lowest BCUT2D eigenvalue weighted by molar-refractivity contribution is 0.204. The van der Waals surface area contributed by atoms with Crippen LogP contribution in [0, 0.1) is 5.82 Å². The van der Waals surface area contributed by atoms with Crippen molar-refractivity contribution in [2.45, 2.75) is 17.9 Å². The third-order valence-corrected chi connectivity index (χ3v) is 4.71. The van der Waals surface area contributed by atoms with Crippen molar-refractivity contribution in [3.8, 4) is 0 Å². The maximum atomic E-state index is 13.8. The van der Waals surface area contributed by atoms with Crippen molar-refractivity contribution in [1.82, 2.24) is 0 Å². The summed E-state index contributed by atoms with van der Waals surface area (Å²) in [4.78, 5) is -0.408. The highest BCUT2D eigenvalue weighted by Crippen LogP contribution is 2.25. The van der Waals surface area contributed by atoms with Gasteiger partial charge in [-0.25, -0.2) is 12.8 Å². The average molecular weight is 309 g/mol. The van der Waals surface area contributed by atoms with Gasteiger partial charge < -0.3 is 5.11 Å². The van der Waals surface area contributed by atoms with Gasteiger partial charge in [-0.3, -0.25) is 4.31 Å². The molecule has 0 amide bonds. The van der Waals surface area contributed by atoms with Gasteiger partial charge in [-0.1, -0.05) is 30.3 Å². The largest absolute Gasteiger partial charge is 0.392 e. The van der Waals surface area contributed by atoms with Gasteiger partial charge in [0.15, 0.2) is 0 Å². The molecular weight excluding hydrogens is 293 g/mol. The molecule has 2 rings (SSSR count). The van der Waals surface area contributed by atoms with Gasteiger partial charge in [0.2, 0.25) is 0 Å². The number of anilines is 1. The zero-order valence-electron chi connectivity index (χ0n) is 11.5. The molecule has 0 aliphatic heterocycles. The van der Waals surface area contributed by atoms with Gasteiger partial charge >= 0.3 is 0 Å². The van der Waals surface area contributed by atoms with Crippen LogP contribution in [-0.4, -0.2) is 26.2 Å². The van der Waals surface area contributed by atoms with Gasteiger partial charge in [-0.2, -0.15) is 0 Å². The highest BCUT2D eigenvalue weighted by atomic mass is 32.2. The number of sulfonamides is 1. The Morgan fingerprint density at radius 2 is 1.67 bits per heavy atom. The Kier molecular flexibility index (Phi) is 4.59. The van der Waals surface area contributed by atoms with Gasteiger partial charge in [0, 0.05) is 0 Å². The monoisotopic (exact) mass is 309 g/mol. The number of hydrogen-bond donors (Lipinski definition) is 1. The zero-order valence-corrected chi connectivity index (χ0v) is 12.3. The van der Waals surface area contributed by atoms with E-state index in [-0.39, 0.29) is 6.54 Å². The van der Waals surface area contributed by atoms with E-state index in [2.05, 4.69) is 0 Å². The highest BCUT2D eigenvalue weighted by molar-refractivity contribution is 7.92. The van der Waals surface area contributed by atoms with E-state index in [1.165, 1.54) is 25.1 Å². The fraction of sp³-hybridized carbons (Fsp3) is 0.200. The molecule has 0 saturated carbocycles. The van der Waals surface area contributed by atoms with Crippen LogP contribution in [0.4, 0.5) is 10.1 Å². The molecule has 21 heavy (non-hydrogen) atoms. The molecule has 0 saturated heterocycles. The molecule has 0 bridgehead atoms. The highest BCUT2D eigenvalue weighted by Gasteiger charge is 2.28. The fourth-order valence-corrected chi connectivity index (χ4v) is 3.56. The lowest BCUT2D eigenvalue weighted by Crippen LogP contribution is -2.37. The van der Waals surface area contributed by atoms with E-state index in [1.807, 2.05) is 0 Å². The van der Waals surface area contributed by atoms with E-state index in [0.29, 0.717) is 5.69 Å². The summed E-state index contributed by atoms with van der Waals surface area (Å²) in [6, 6.07) is 13.5. The number of aliphatic hydroxyl groups excluding tert-OH is 1. The summed E-state index contributed by atoms with van der Waals surface area (Å²) in [5.74, 6) is -0.816. The van der Waals surface area contributed by atoms with Crippen LogP contribution in [0.2, 0.25) is 0 Å². The van der Waals surface area contributed by atoms with E-state index in [4.69, 9.17) is 0 Å². The average Bonchev–Trinajstić information content (AvgIpc) is 2.45. The number of hydrogen-bond acceptors (Lipinski definition) is 3. The first kappa shape index (κ1) is 15.5. The second-order valence-electron chi connectivity index (χ2n) is 4.65. The minimum absolute atomic E-state index is 0.152. The lowest BCUT2D eigenvalue weighted by Gasteiger charge is -2.25. The first-order chi connectivity index (χ1) is 9.93. The molecule has 0 heterocycles. The predicted molar refractivity (Wildman–Crippen MR) is 79.1 cm³/mol. The van der Waals surface area contributed by atoms with Crippen LogP contribution in [0.25, 0.3) is 0 Å². The molecule has 1 atom stereocenters. The second-order valence-corrected chi connectivity index (χ2v) is 6.48. The van der Waals surface area contributed by atoms with Crippen LogP contribution in [0.3, 0.4) is 0 Å². The molecule has 2 aromatic carbocycles. The molecule has 112 valence electrons.